The summed E-state index contributed by atoms with van der Waals surface area (Å²) < 4.78 is 0. The summed E-state index contributed by atoms with van der Waals surface area (Å²) in [4.78, 5) is 15.5. The van der Waals surface area contributed by atoms with Crippen molar-refractivity contribution in [1.29, 1.82) is 0 Å². The fourth-order valence-electron chi connectivity index (χ4n) is 2.68. The highest BCUT2D eigenvalue weighted by Gasteiger charge is 2.13. The summed E-state index contributed by atoms with van der Waals surface area (Å²) in [6.07, 6.45) is 3.87. The number of aryl methyl sites for hydroxylation is 2. The average molecular weight is 343 g/mol. The van der Waals surface area contributed by atoms with Crippen molar-refractivity contribution >= 4 is 23.5 Å². The number of rotatable bonds is 6. The minimum atomic E-state index is -0.0699. The number of amides is 2. The zero-order valence-corrected chi connectivity index (χ0v) is 15.7. The molecule has 0 fully saturated rings. The minimum Gasteiger partial charge on any atom is -0.323 e. The SMILES string of the molecule is CCc1cccc(CC)c1NC(=O)N(C)Cc1ccc(SC)cc1. The molecule has 0 saturated heterocycles. The molecule has 0 aliphatic rings. The van der Waals surface area contributed by atoms with Crippen LogP contribution in [0, 0.1) is 0 Å². The smallest absolute Gasteiger partial charge is 0.321 e. The molecule has 0 aliphatic heterocycles. The van der Waals surface area contributed by atoms with E-state index in [9.17, 15) is 4.79 Å². The molecule has 0 aliphatic carbocycles. The van der Waals surface area contributed by atoms with Gasteiger partial charge in [-0.3, -0.25) is 0 Å². The number of carbonyl (C=O) groups is 1. The lowest BCUT2D eigenvalue weighted by molar-refractivity contribution is 0.220. The Hall–Kier alpha value is -1.94. The van der Waals surface area contributed by atoms with E-state index in [4.69, 9.17) is 0 Å². The summed E-state index contributed by atoms with van der Waals surface area (Å²) >= 11 is 1.72. The van der Waals surface area contributed by atoms with Gasteiger partial charge in [0, 0.05) is 24.2 Å². The van der Waals surface area contributed by atoms with Gasteiger partial charge in [0.05, 0.1) is 0 Å². The van der Waals surface area contributed by atoms with Crippen molar-refractivity contribution in [3.05, 3.63) is 59.2 Å². The van der Waals surface area contributed by atoms with E-state index >= 15 is 0 Å². The van der Waals surface area contributed by atoms with Crippen LogP contribution in [0.3, 0.4) is 0 Å². The molecule has 24 heavy (non-hydrogen) atoms. The first-order chi connectivity index (χ1) is 11.6. The molecule has 2 amide bonds. The second-order valence-electron chi connectivity index (χ2n) is 5.79. The predicted octanol–water partition coefficient (Wildman–Crippen LogP) is 5.20. The van der Waals surface area contributed by atoms with Crippen LogP contribution in [-0.4, -0.2) is 24.2 Å². The fraction of sp³-hybridized carbons (Fsp3) is 0.350. The van der Waals surface area contributed by atoms with E-state index < -0.39 is 0 Å². The highest BCUT2D eigenvalue weighted by molar-refractivity contribution is 7.98. The quantitative estimate of drug-likeness (QED) is 0.732. The monoisotopic (exact) mass is 342 g/mol. The van der Waals surface area contributed by atoms with Crippen LogP contribution in [0.5, 0.6) is 0 Å². The number of hydrogen-bond donors (Lipinski definition) is 1. The normalized spacial score (nSPS) is 10.5. The number of nitrogens with zero attached hydrogens (tertiary/aromatic N) is 1. The molecule has 0 radical (unpaired) electrons. The second kappa shape index (κ2) is 8.78. The number of anilines is 1. The lowest BCUT2D eigenvalue weighted by Gasteiger charge is -2.21. The highest BCUT2D eigenvalue weighted by Crippen LogP contribution is 2.23. The van der Waals surface area contributed by atoms with E-state index in [1.807, 2.05) is 7.05 Å². The van der Waals surface area contributed by atoms with Gasteiger partial charge in [0.25, 0.3) is 0 Å². The molecule has 2 aromatic carbocycles. The molecule has 4 heteroatoms. The van der Waals surface area contributed by atoms with E-state index in [1.165, 1.54) is 16.0 Å². The molecule has 0 saturated carbocycles. The number of para-hydroxylation sites is 1. The first kappa shape index (κ1) is 18.4. The lowest BCUT2D eigenvalue weighted by atomic mass is 10.0. The summed E-state index contributed by atoms with van der Waals surface area (Å²) in [5.41, 5.74) is 4.46. The Labute approximate surface area is 149 Å². The molecule has 2 aromatic rings. The summed E-state index contributed by atoms with van der Waals surface area (Å²) in [6, 6.07) is 14.5. The number of hydrogen-bond acceptors (Lipinski definition) is 2. The standard InChI is InChI=1S/C20H26N2OS/c1-5-16-8-7-9-17(6-2)19(16)21-20(23)22(3)14-15-10-12-18(24-4)13-11-15/h7-13H,5-6,14H2,1-4H3,(H,21,23). The van der Waals surface area contributed by atoms with Crippen molar-refractivity contribution in [3.63, 3.8) is 0 Å². The summed E-state index contributed by atoms with van der Waals surface area (Å²) in [6.45, 7) is 4.82. The molecule has 0 heterocycles. The molecule has 0 bridgehead atoms. The molecule has 3 nitrogen and oxygen atoms in total. The first-order valence-corrected chi connectivity index (χ1v) is 9.57. The van der Waals surface area contributed by atoms with Gasteiger partial charge in [-0.25, -0.2) is 4.79 Å². The van der Waals surface area contributed by atoms with Crippen LogP contribution in [0.15, 0.2) is 47.4 Å². The van der Waals surface area contributed by atoms with Gasteiger partial charge in [0.2, 0.25) is 0 Å². The Morgan fingerprint density at radius 1 is 1.04 bits per heavy atom. The van der Waals surface area contributed by atoms with Crippen LogP contribution in [0.25, 0.3) is 0 Å². The molecule has 0 spiro atoms. The number of nitrogens with one attached hydrogen (secondary N) is 1. The van der Waals surface area contributed by atoms with Gasteiger partial charge >= 0.3 is 6.03 Å². The van der Waals surface area contributed by atoms with Crippen LogP contribution >= 0.6 is 11.8 Å². The fourth-order valence-corrected chi connectivity index (χ4v) is 3.09. The van der Waals surface area contributed by atoms with Crippen molar-refractivity contribution < 1.29 is 4.79 Å². The van der Waals surface area contributed by atoms with E-state index in [2.05, 4.69) is 67.9 Å². The number of thioether (sulfide) groups is 1. The van der Waals surface area contributed by atoms with Crippen LogP contribution in [0.4, 0.5) is 10.5 Å². The Bertz CT molecular complexity index is 660. The third-order valence-corrected chi connectivity index (χ3v) is 4.90. The maximum absolute atomic E-state index is 12.6. The van der Waals surface area contributed by atoms with Crippen LogP contribution in [-0.2, 0) is 19.4 Å². The molecule has 2 rings (SSSR count). The Morgan fingerprint density at radius 2 is 1.62 bits per heavy atom. The number of carbonyl (C=O) groups excluding carboxylic acids is 1. The van der Waals surface area contributed by atoms with Gasteiger partial charge in [0.15, 0.2) is 0 Å². The van der Waals surface area contributed by atoms with Gasteiger partial charge in [-0.1, -0.05) is 44.2 Å². The molecule has 128 valence electrons. The van der Waals surface area contributed by atoms with Gasteiger partial charge in [-0.2, -0.15) is 0 Å². The number of urea groups is 1. The van der Waals surface area contributed by atoms with Crippen molar-refractivity contribution in [2.24, 2.45) is 0 Å². The molecule has 0 atom stereocenters. The minimum absolute atomic E-state index is 0.0699. The highest BCUT2D eigenvalue weighted by atomic mass is 32.2. The van der Waals surface area contributed by atoms with Gasteiger partial charge in [-0.05, 0) is 47.9 Å². The lowest BCUT2D eigenvalue weighted by Crippen LogP contribution is -2.31. The maximum Gasteiger partial charge on any atom is 0.321 e. The summed E-state index contributed by atoms with van der Waals surface area (Å²) in [5.74, 6) is 0. The van der Waals surface area contributed by atoms with Crippen LogP contribution in [0.2, 0.25) is 0 Å². The van der Waals surface area contributed by atoms with Crippen molar-refractivity contribution in [2.75, 3.05) is 18.6 Å². The summed E-state index contributed by atoms with van der Waals surface area (Å²) in [5, 5.41) is 3.11. The third-order valence-electron chi connectivity index (χ3n) is 4.16. The Balaban J connectivity index is 2.08. The van der Waals surface area contributed by atoms with E-state index in [0.717, 1.165) is 24.1 Å². The van der Waals surface area contributed by atoms with Crippen LogP contribution < -0.4 is 5.32 Å². The van der Waals surface area contributed by atoms with E-state index in [0.29, 0.717) is 6.54 Å². The van der Waals surface area contributed by atoms with Gasteiger partial charge in [0.1, 0.15) is 0 Å². The zero-order valence-electron chi connectivity index (χ0n) is 14.9. The Morgan fingerprint density at radius 3 is 2.12 bits per heavy atom. The van der Waals surface area contributed by atoms with Gasteiger partial charge < -0.3 is 10.2 Å². The van der Waals surface area contributed by atoms with Crippen molar-refractivity contribution in [3.8, 4) is 0 Å². The van der Waals surface area contributed by atoms with Crippen molar-refractivity contribution in [2.45, 2.75) is 38.1 Å². The average Bonchev–Trinajstić information content (AvgIpc) is 2.62. The second-order valence-corrected chi connectivity index (χ2v) is 6.67. The third kappa shape index (κ3) is 4.54. The van der Waals surface area contributed by atoms with Crippen molar-refractivity contribution in [1.82, 2.24) is 4.90 Å². The summed E-state index contributed by atoms with van der Waals surface area (Å²) in [7, 11) is 1.83. The molecular weight excluding hydrogens is 316 g/mol. The number of benzene rings is 2. The van der Waals surface area contributed by atoms with E-state index in [-0.39, 0.29) is 6.03 Å². The molecule has 0 unspecified atom stereocenters. The first-order valence-electron chi connectivity index (χ1n) is 8.34. The largest absolute Gasteiger partial charge is 0.323 e. The topological polar surface area (TPSA) is 32.3 Å². The van der Waals surface area contributed by atoms with Crippen LogP contribution in [0.1, 0.15) is 30.5 Å². The zero-order chi connectivity index (χ0) is 17.5. The molecule has 1 N–H and O–H groups in total. The molecule has 0 aromatic heterocycles. The predicted molar refractivity (Wildman–Crippen MR) is 104 cm³/mol. The Kier molecular flexibility index (Phi) is 6.73. The maximum atomic E-state index is 12.6. The molecular formula is C20H26N2OS. The van der Waals surface area contributed by atoms with Gasteiger partial charge in [-0.15, -0.1) is 11.8 Å². The van der Waals surface area contributed by atoms with E-state index in [1.54, 1.807) is 16.7 Å².